The first kappa shape index (κ1) is 8.72. The molecular weight excluding hydrogens is 182 g/mol. The molecule has 0 amide bonds. The summed E-state index contributed by atoms with van der Waals surface area (Å²) in [4.78, 5) is 0. The van der Waals surface area contributed by atoms with Crippen LogP contribution >= 0.6 is 0 Å². The first-order valence-corrected chi connectivity index (χ1v) is 4.60. The molecule has 1 rings (SSSR count). The maximum atomic E-state index is 11.0. The maximum absolute atomic E-state index is 11.0. The molecule has 7 heteroatoms. The fourth-order valence-corrected chi connectivity index (χ4v) is 1.26. The summed E-state index contributed by atoms with van der Waals surface area (Å²) in [6.07, 6.45) is 3.26. The minimum absolute atomic E-state index is 0.197. The van der Waals surface area contributed by atoms with Crippen molar-refractivity contribution in [1.82, 2.24) is 10.2 Å². The topological polar surface area (TPSA) is 85.1 Å². The van der Waals surface area contributed by atoms with Crippen molar-refractivity contribution in [3.63, 3.8) is 0 Å². The zero-order valence-corrected chi connectivity index (χ0v) is 6.84. The molecule has 1 aromatic heterocycles. The molecule has 65 valence electrons. The number of nitrogens with zero attached hydrogens (tertiary/aromatic N) is 2. The second kappa shape index (κ2) is 3.35. The van der Waals surface area contributed by atoms with Crippen LogP contribution < -0.4 is 4.72 Å². The van der Waals surface area contributed by atoms with Crippen molar-refractivity contribution in [1.29, 1.82) is 0 Å². The number of sulfonamides is 1. The van der Waals surface area contributed by atoms with Crippen molar-refractivity contribution in [2.45, 2.75) is 0 Å². The highest BCUT2D eigenvalue weighted by molar-refractivity contribution is 7.92. The molecule has 0 saturated heterocycles. The molecule has 12 heavy (non-hydrogen) atoms. The molecule has 6 nitrogen and oxygen atoms in total. The molecule has 0 atom stereocenters. The van der Waals surface area contributed by atoms with Gasteiger partial charge in [-0.25, -0.2) is 13.1 Å². The molecule has 0 saturated carbocycles. The van der Waals surface area contributed by atoms with Gasteiger partial charge in [0.05, 0.1) is 5.75 Å². The molecule has 1 N–H and O–H groups in total. The van der Waals surface area contributed by atoms with Gasteiger partial charge < -0.3 is 4.42 Å². The summed E-state index contributed by atoms with van der Waals surface area (Å²) in [5.41, 5.74) is 0. The van der Waals surface area contributed by atoms with E-state index in [4.69, 9.17) is 0 Å². The summed E-state index contributed by atoms with van der Waals surface area (Å²) in [6.45, 7) is 3.28. The predicted molar refractivity (Wildman–Crippen MR) is 40.7 cm³/mol. The Bertz CT molecular complexity index is 342. The highest BCUT2D eigenvalue weighted by atomic mass is 32.2. The lowest BCUT2D eigenvalue weighted by Gasteiger charge is -1.98. The summed E-state index contributed by atoms with van der Waals surface area (Å²) < 4.78 is 28.4. The Kier molecular flexibility index (Phi) is 2.44. The minimum atomic E-state index is -3.44. The quantitative estimate of drug-likeness (QED) is 0.661. The van der Waals surface area contributed by atoms with Gasteiger partial charge in [-0.3, -0.25) is 0 Å². The number of hydrogen-bond donors (Lipinski definition) is 1. The molecule has 0 fully saturated rings. The van der Waals surface area contributed by atoms with E-state index in [1.54, 1.807) is 0 Å². The Morgan fingerprint density at radius 3 is 3.00 bits per heavy atom. The van der Waals surface area contributed by atoms with E-state index in [1.165, 1.54) is 6.08 Å². The highest BCUT2D eigenvalue weighted by Gasteiger charge is 2.10. The normalized spacial score (nSPS) is 11.0. The molecule has 1 aromatic rings. The summed E-state index contributed by atoms with van der Waals surface area (Å²) in [5.74, 6) is -0.199. The van der Waals surface area contributed by atoms with E-state index in [0.29, 0.717) is 0 Å². The summed E-state index contributed by atoms with van der Waals surface area (Å²) in [6, 6.07) is -0.197. The van der Waals surface area contributed by atoms with Crippen LogP contribution in [0.5, 0.6) is 0 Å². The van der Waals surface area contributed by atoms with Crippen molar-refractivity contribution >= 4 is 16.0 Å². The third-order valence-electron chi connectivity index (χ3n) is 0.904. The van der Waals surface area contributed by atoms with Gasteiger partial charge in [-0.2, -0.15) is 0 Å². The van der Waals surface area contributed by atoms with E-state index in [2.05, 4.69) is 21.2 Å². The van der Waals surface area contributed by atoms with Crippen molar-refractivity contribution in [3.05, 3.63) is 19.0 Å². The van der Waals surface area contributed by atoms with Gasteiger partial charge in [0.1, 0.15) is 0 Å². The Balaban J connectivity index is 2.69. The molecule has 1 heterocycles. The summed E-state index contributed by atoms with van der Waals surface area (Å²) in [5, 5.41) is 6.46. The summed E-state index contributed by atoms with van der Waals surface area (Å²) >= 11 is 0. The van der Waals surface area contributed by atoms with Gasteiger partial charge in [0.15, 0.2) is 0 Å². The Morgan fingerprint density at radius 2 is 2.50 bits per heavy atom. The van der Waals surface area contributed by atoms with Gasteiger partial charge in [-0.1, -0.05) is 11.2 Å². The second-order valence-corrected chi connectivity index (χ2v) is 3.64. The van der Waals surface area contributed by atoms with E-state index < -0.39 is 10.0 Å². The van der Waals surface area contributed by atoms with Crippen molar-refractivity contribution in [2.75, 3.05) is 10.5 Å². The van der Waals surface area contributed by atoms with Gasteiger partial charge in [0.2, 0.25) is 10.0 Å². The highest BCUT2D eigenvalue weighted by Crippen LogP contribution is 2.01. The van der Waals surface area contributed by atoms with Crippen LogP contribution in [0.4, 0.5) is 6.01 Å². The van der Waals surface area contributed by atoms with Crippen LogP contribution in [-0.4, -0.2) is 24.4 Å². The van der Waals surface area contributed by atoms with Crippen LogP contribution in [0, 0.1) is 6.39 Å². The Labute approximate surface area is 69.3 Å². The van der Waals surface area contributed by atoms with Gasteiger partial charge in [0.25, 0.3) is 0 Å². The van der Waals surface area contributed by atoms with Crippen molar-refractivity contribution < 1.29 is 12.8 Å². The van der Waals surface area contributed by atoms with Gasteiger partial charge in [-0.15, -0.1) is 11.7 Å². The number of anilines is 1. The lowest BCUT2D eigenvalue weighted by atomic mass is 10.8. The van der Waals surface area contributed by atoms with Gasteiger partial charge >= 0.3 is 12.4 Å². The number of hydrogen-bond acceptors (Lipinski definition) is 5. The third-order valence-corrected chi connectivity index (χ3v) is 2.06. The lowest BCUT2D eigenvalue weighted by molar-refractivity contribution is 0.558. The molecule has 0 spiro atoms. The summed E-state index contributed by atoms with van der Waals surface area (Å²) in [7, 11) is -3.44. The Hall–Kier alpha value is -1.37. The molecule has 0 unspecified atom stereocenters. The molecular formula is C5H6N3O3S. The standard InChI is InChI=1S/C5H6N3O3S/c1-2-3-12(9,10)8-5-7-6-4-11-5/h2H,1,3H2,(H,7,8). The molecule has 0 aromatic carbocycles. The molecule has 0 aliphatic carbocycles. The second-order valence-electron chi connectivity index (χ2n) is 1.87. The molecule has 1 radical (unpaired) electrons. The van der Waals surface area contributed by atoms with E-state index in [0.717, 1.165) is 0 Å². The first-order valence-electron chi connectivity index (χ1n) is 2.95. The zero-order chi connectivity index (χ0) is 9.03. The SMILES string of the molecule is C=CCS(=O)(=O)Nc1nn[c]o1. The first-order chi connectivity index (χ1) is 5.64. The molecule has 0 bridgehead atoms. The lowest BCUT2D eigenvalue weighted by Crippen LogP contribution is -2.15. The van der Waals surface area contributed by atoms with E-state index in [-0.39, 0.29) is 11.8 Å². The number of rotatable bonds is 4. The van der Waals surface area contributed by atoms with Gasteiger partial charge in [0, 0.05) is 0 Å². The van der Waals surface area contributed by atoms with Crippen LogP contribution in [0.2, 0.25) is 0 Å². The number of nitrogens with one attached hydrogen (secondary N) is 1. The largest absolute Gasteiger partial charge is 0.398 e. The Morgan fingerprint density at radius 1 is 1.75 bits per heavy atom. The van der Waals surface area contributed by atoms with Crippen LogP contribution in [-0.2, 0) is 10.0 Å². The van der Waals surface area contributed by atoms with Crippen molar-refractivity contribution in [2.24, 2.45) is 0 Å². The average Bonchev–Trinajstić information content (AvgIpc) is 2.38. The fraction of sp³-hybridized carbons (Fsp3) is 0.200. The van der Waals surface area contributed by atoms with E-state index in [9.17, 15) is 8.42 Å². The van der Waals surface area contributed by atoms with Crippen LogP contribution in [0.15, 0.2) is 17.1 Å². The number of aromatic nitrogens is 2. The van der Waals surface area contributed by atoms with Crippen LogP contribution in [0.25, 0.3) is 0 Å². The smallest absolute Gasteiger partial charge is 0.329 e. The predicted octanol–water partition coefficient (Wildman–Crippen LogP) is -0.203. The molecule has 0 aliphatic rings. The average molecular weight is 188 g/mol. The van der Waals surface area contributed by atoms with E-state index >= 15 is 0 Å². The monoisotopic (exact) mass is 188 g/mol. The van der Waals surface area contributed by atoms with Gasteiger partial charge in [-0.05, 0) is 0 Å². The third kappa shape index (κ3) is 2.35. The fourth-order valence-electron chi connectivity index (χ4n) is 0.521. The van der Waals surface area contributed by atoms with E-state index in [1.807, 2.05) is 11.1 Å². The van der Waals surface area contributed by atoms with Crippen molar-refractivity contribution in [3.8, 4) is 0 Å². The minimum Gasteiger partial charge on any atom is -0.398 e. The van der Waals surface area contributed by atoms with Crippen LogP contribution in [0.1, 0.15) is 0 Å². The zero-order valence-electron chi connectivity index (χ0n) is 6.02. The molecule has 0 aliphatic heterocycles. The maximum Gasteiger partial charge on any atom is 0.329 e. The van der Waals surface area contributed by atoms with Crippen LogP contribution in [0.3, 0.4) is 0 Å².